The summed E-state index contributed by atoms with van der Waals surface area (Å²) in [4.78, 5) is 0. The first-order chi connectivity index (χ1) is 8.49. The van der Waals surface area contributed by atoms with E-state index in [9.17, 15) is 9.50 Å². The number of aryl methyl sites for hydroxylation is 1. The lowest BCUT2D eigenvalue weighted by molar-refractivity contribution is -0.0103. The van der Waals surface area contributed by atoms with Crippen molar-refractivity contribution in [2.45, 2.75) is 38.7 Å². The van der Waals surface area contributed by atoms with Gasteiger partial charge >= 0.3 is 0 Å². The predicted molar refractivity (Wildman–Crippen MR) is 71.1 cm³/mol. The molecule has 100 valence electrons. The quantitative estimate of drug-likeness (QED) is 0.864. The molecule has 1 aliphatic rings. The van der Waals surface area contributed by atoms with Gasteiger partial charge in [-0.15, -0.1) is 0 Å². The van der Waals surface area contributed by atoms with Crippen LogP contribution in [-0.4, -0.2) is 23.8 Å². The van der Waals surface area contributed by atoms with Crippen LogP contribution >= 0.6 is 0 Å². The highest BCUT2D eigenvalue weighted by Crippen LogP contribution is 2.28. The number of benzene rings is 1. The van der Waals surface area contributed by atoms with E-state index in [0.29, 0.717) is 6.42 Å². The zero-order chi connectivity index (χ0) is 13.2. The highest BCUT2D eigenvalue weighted by molar-refractivity contribution is 5.28. The molecule has 1 aliphatic heterocycles. The van der Waals surface area contributed by atoms with Crippen molar-refractivity contribution in [3.8, 4) is 0 Å². The molecule has 2 rings (SSSR count). The van der Waals surface area contributed by atoms with Gasteiger partial charge in [-0.05, 0) is 56.5 Å². The maximum Gasteiger partial charge on any atom is 0.123 e. The molecule has 1 fully saturated rings. The molecule has 0 amide bonds. The summed E-state index contributed by atoms with van der Waals surface area (Å²) >= 11 is 0. The van der Waals surface area contributed by atoms with Crippen LogP contribution in [0.2, 0.25) is 0 Å². The number of piperidine rings is 1. The van der Waals surface area contributed by atoms with Gasteiger partial charge in [0.2, 0.25) is 0 Å². The third-order valence-corrected chi connectivity index (χ3v) is 4.04. The Kier molecular flexibility index (Phi) is 4.03. The van der Waals surface area contributed by atoms with E-state index >= 15 is 0 Å². The van der Waals surface area contributed by atoms with Gasteiger partial charge in [-0.1, -0.05) is 6.07 Å². The van der Waals surface area contributed by atoms with Crippen LogP contribution in [-0.2, 0) is 6.42 Å². The van der Waals surface area contributed by atoms with Gasteiger partial charge in [-0.3, -0.25) is 0 Å². The maximum absolute atomic E-state index is 13.3. The molecular formula is C15H22FNO. The Morgan fingerprint density at radius 1 is 1.50 bits per heavy atom. The van der Waals surface area contributed by atoms with Gasteiger partial charge in [0.25, 0.3) is 0 Å². The fourth-order valence-corrected chi connectivity index (χ4v) is 2.74. The number of hydrogen-bond acceptors (Lipinski definition) is 2. The Balaban J connectivity index is 2.13. The SMILES string of the molecule is Cc1ccc(F)cc1CC(C)(O)C1CCCNC1. The Morgan fingerprint density at radius 3 is 2.94 bits per heavy atom. The van der Waals surface area contributed by atoms with Crippen molar-refractivity contribution in [3.05, 3.63) is 35.1 Å². The Morgan fingerprint density at radius 2 is 2.28 bits per heavy atom. The molecule has 1 aromatic carbocycles. The van der Waals surface area contributed by atoms with Crippen LogP contribution in [0.5, 0.6) is 0 Å². The smallest absolute Gasteiger partial charge is 0.123 e. The average Bonchev–Trinajstić information content (AvgIpc) is 2.35. The predicted octanol–water partition coefficient (Wildman–Crippen LogP) is 2.43. The van der Waals surface area contributed by atoms with Crippen molar-refractivity contribution in [1.29, 1.82) is 0 Å². The molecule has 2 N–H and O–H groups in total. The van der Waals surface area contributed by atoms with Crippen molar-refractivity contribution in [2.75, 3.05) is 13.1 Å². The summed E-state index contributed by atoms with van der Waals surface area (Å²) in [5.41, 5.74) is 1.18. The highest BCUT2D eigenvalue weighted by Gasteiger charge is 2.33. The lowest BCUT2D eigenvalue weighted by Gasteiger charge is -2.36. The first kappa shape index (κ1) is 13.5. The van der Waals surface area contributed by atoms with Crippen LogP contribution in [0.15, 0.2) is 18.2 Å². The van der Waals surface area contributed by atoms with Crippen LogP contribution < -0.4 is 5.32 Å². The standard InChI is InChI=1S/C15H22FNO/c1-11-5-6-14(16)8-12(11)9-15(2,18)13-4-3-7-17-10-13/h5-6,8,13,17-18H,3-4,7,9-10H2,1-2H3. The Hall–Kier alpha value is -0.930. The fourth-order valence-electron chi connectivity index (χ4n) is 2.74. The van der Waals surface area contributed by atoms with Gasteiger partial charge in [-0.25, -0.2) is 4.39 Å². The van der Waals surface area contributed by atoms with Gasteiger partial charge in [0.15, 0.2) is 0 Å². The van der Waals surface area contributed by atoms with E-state index in [0.717, 1.165) is 37.1 Å². The number of halogens is 1. The van der Waals surface area contributed by atoms with Crippen molar-refractivity contribution in [1.82, 2.24) is 5.32 Å². The second kappa shape index (κ2) is 5.37. The molecule has 0 radical (unpaired) electrons. The topological polar surface area (TPSA) is 32.3 Å². The van der Waals surface area contributed by atoms with E-state index in [1.807, 2.05) is 13.8 Å². The molecule has 0 aliphatic carbocycles. The molecule has 2 atom stereocenters. The fraction of sp³-hybridized carbons (Fsp3) is 0.600. The van der Waals surface area contributed by atoms with Crippen LogP contribution in [0.1, 0.15) is 30.9 Å². The molecule has 2 unspecified atom stereocenters. The second-order valence-electron chi connectivity index (χ2n) is 5.65. The molecule has 0 aromatic heterocycles. The minimum absolute atomic E-state index is 0.229. The summed E-state index contributed by atoms with van der Waals surface area (Å²) in [6.45, 7) is 5.71. The summed E-state index contributed by atoms with van der Waals surface area (Å²) in [5, 5.41) is 14.0. The first-order valence-electron chi connectivity index (χ1n) is 6.67. The van der Waals surface area contributed by atoms with E-state index in [2.05, 4.69) is 5.32 Å². The molecular weight excluding hydrogens is 229 g/mol. The van der Waals surface area contributed by atoms with Gasteiger partial charge in [0.1, 0.15) is 5.82 Å². The van der Waals surface area contributed by atoms with Crippen LogP contribution in [0.25, 0.3) is 0 Å². The third-order valence-electron chi connectivity index (χ3n) is 4.04. The number of rotatable bonds is 3. The van der Waals surface area contributed by atoms with Crippen LogP contribution in [0, 0.1) is 18.7 Å². The molecule has 1 aromatic rings. The first-order valence-corrected chi connectivity index (χ1v) is 6.67. The van der Waals surface area contributed by atoms with Crippen LogP contribution in [0.3, 0.4) is 0 Å². The van der Waals surface area contributed by atoms with Crippen LogP contribution in [0.4, 0.5) is 4.39 Å². The summed E-state index contributed by atoms with van der Waals surface area (Å²) < 4.78 is 13.3. The van der Waals surface area contributed by atoms with E-state index in [1.165, 1.54) is 6.07 Å². The second-order valence-corrected chi connectivity index (χ2v) is 5.65. The average molecular weight is 251 g/mol. The molecule has 18 heavy (non-hydrogen) atoms. The minimum atomic E-state index is -0.772. The maximum atomic E-state index is 13.3. The monoisotopic (exact) mass is 251 g/mol. The molecule has 3 heteroatoms. The zero-order valence-electron chi connectivity index (χ0n) is 11.2. The largest absolute Gasteiger partial charge is 0.389 e. The van der Waals surface area contributed by atoms with Crippen molar-refractivity contribution in [3.63, 3.8) is 0 Å². The highest BCUT2D eigenvalue weighted by atomic mass is 19.1. The normalized spacial score (nSPS) is 23.7. The molecule has 1 heterocycles. The number of nitrogens with one attached hydrogen (secondary N) is 1. The minimum Gasteiger partial charge on any atom is -0.389 e. The molecule has 2 nitrogen and oxygen atoms in total. The van der Waals surface area contributed by atoms with Gasteiger partial charge in [-0.2, -0.15) is 0 Å². The molecule has 0 bridgehead atoms. The van der Waals surface area contributed by atoms with Gasteiger partial charge in [0, 0.05) is 18.9 Å². The van der Waals surface area contributed by atoms with E-state index < -0.39 is 5.60 Å². The lowest BCUT2D eigenvalue weighted by Crippen LogP contribution is -2.45. The molecule has 1 saturated heterocycles. The van der Waals surface area contributed by atoms with Crippen molar-refractivity contribution < 1.29 is 9.50 Å². The summed E-state index contributed by atoms with van der Waals surface area (Å²) in [6.07, 6.45) is 2.65. The number of aliphatic hydroxyl groups is 1. The van der Waals surface area contributed by atoms with E-state index in [4.69, 9.17) is 0 Å². The summed E-state index contributed by atoms with van der Waals surface area (Å²) in [5.74, 6) is 0.0158. The van der Waals surface area contributed by atoms with Gasteiger partial charge in [0.05, 0.1) is 5.60 Å². The van der Waals surface area contributed by atoms with Crippen molar-refractivity contribution in [2.24, 2.45) is 5.92 Å². The number of hydrogen-bond donors (Lipinski definition) is 2. The van der Waals surface area contributed by atoms with Gasteiger partial charge < -0.3 is 10.4 Å². The zero-order valence-corrected chi connectivity index (χ0v) is 11.2. The molecule has 0 saturated carbocycles. The Labute approximate surface area is 108 Å². The lowest BCUT2D eigenvalue weighted by atomic mass is 9.79. The summed E-state index contributed by atoms with van der Waals surface area (Å²) in [6, 6.07) is 4.79. The van der Waals surface area contributed by atoms with E-state index in [-0.39, 0.29) is 11.7 Å². The van der Waals surface area contributed by atoms with Crippen molar-refractivity contribution >= 4 is 0 Å². The third kappa shape index (κ3) is 3.09. The Bertz CT molecular complexity index is 411. The summed E-state index contributed by atoms with van der Waals surface area (Å²) in [7, 11) is 0. The van der Waals surface area contributed by atoms with E-state index in [1.54, 1.807) is 12.1 Å². The molecule has 0 spiro atoms.